The molecule has 3 atom stereocenters. The maximum atomic E-state index is 13.3. The van der Waals surface area contributed by atoms with Crippen LogP contribution in [0.25, 0.3) is 0 Å². The van der Waals surface area contributed by atoms with Gasteiger partial charge in [-0.3, -0.25) is 0 Å². The van der Waals surface area contributed by atoms with Gasteiger partial charge in [-0.05, 0) is 49.3 Å². The van der Waals surface area contributed by atoms with Crippen molar-refractivity contribution in [2.75, 3.05) is 0 Å². The molecule has 1 aliphatic rings. The molecule has 19 heavy (non-hydrogen) atoms. The fourth-order valence-electron chi connectivity index (χ4n) is 3.18. The molecule has 0 spiro atoms. The summed E-state index contributed by atoms with van der Waals surface area (Å²) >= 11 is 0. The minimum Gasteiger partial charge on any atom is -0.307 e. The van der Waals surface area contributed by atoms with E-state index >= 15 is 0 Å². The van der Waals surface area contributed by atoms with Gasteiger partial charge in [-0.15, -0.1) is 0 Å². The predicted octanol–water partition coefficient (Wildman–Crippen LogP) is 4.44. The van der Waals surface area contributed by atoms with Crippen molar-refractivity contribution in [1.82, 2.24) is 5.32 Å². The molecule has 1 fully saturated rings. The molecule has 0 saturated heterocycles. The molecule has 0 aliphatic heterocycles. The van der Waals surface area contributed by atoms with Crippen LogP contribution in [0, 0.1) is 23.5 Å². The first-order valence-corrected chi connectivity index (χ1v) is 7.20. The molecule has 0 radical (unpaired) electrons. The largest absolute Gasteiger partial charge is 0.307 e. The average Bonchev–Trinajstić information content (AvgIpc) is 2.37. The highest BCUT2D eigenvalue weighted by atomic mass is 19.2. The van der Waals surface area contributed by atoms with E-state index in [4.69, 9.17) is 0 Å². The molecule has 1 aromatic rings. The number of hydrogen-bond acceptors (Lipinski definition) is 1. The van der Waals surface area contributed by atoms with Gasteiger partial charge in [0.25, 0.3) is 0 Å². The Morgan fingerprint density at radius 2 is 1.74 bits per heavy atom. The highest BCUT2D eigenvalue weighted by molar-refractivity contribution is 5.21. The first kappa shape index (κ1) is 14.4. The van der Waals surface area contributed by atoms with E-state index in [1.54, 1.807) is 6.07 Å². The van der Waals surface area contributed by atoms with Gasteiger partial charge in [0.15, 0.2) is 11.6 Å². The molecule has 106 valence electrons. The third-order valence-electron chi connectivity index (χ3n) is 4.43. The van der Waals surface area contributed by atoms with Gasteiger partial charge in [-0.25, -0.2) is 8.78 Å². The summed E-state index contributed by atoms with van der Waals surface area (Å²) in [7, 11) is 0. The van der Waals surface area contributed by atoms with Crippen LogP contribution in [0.4, 0.5) is 8.78 Å². The average molecular weight is 267 g/mol. The number of nitrogens with one attached hydrogen (secondary N) is 1. The number of hydrogen-bond donors (Lipinski definition) is 1. The Morgan fingerprint density at radius 1 is 1.11 bits per heavy atom. The normalized spacial score (nSPS) is 29.2. The molecular formula is C16H23F2N. The zero-order valence-electron chi connectivity index (χ0n) is 11.9. The van der Waals surface area contributed by atoms with E-state index in [1.165, 1.54) is 31.4 Å². The van der Waals surface area contributed by atoms with Crippen LogP contribution in [-0.2, 0) is 0 Å². The van der Waals surface area contributed by atoms with Crippen LogP contribution in [0.3, 0.4) is 0 Å². The molecule has 1 saturated carbocycles. The maximum absolute atomic E-state index is 13.3. The monoisotopic (exact) mass is 267 g/mol. The van der Waals surface area contributed by atoms with Crippen molar-refractivity contribution in [3.8, 4) is 0 Å². The molecule has 3 heteroatoms. The molecule has 1 aromatic carbocycles. The van der Waals surface area contributed by atoms with Crippen LogP contribution in [0.15, 0.2) is 18.2 Å². The molecule has 2 rings (SSSR count). The minimum atomic E-state index is -0.782. The van der Waals surface area contributed by atoms with E-state index in [-0.39, 0.29) is 6.04 Å². The molecule has 1 nitrogen and oxygen atoms in total. The Bertz CT molecular complexity index is 423. The van der Waals surface area contributed by atoms with E-state index in [1.807, 2.05) is 6.92 Å². The Balaban J connectivity index is 2.07. The Labute approximate surface area is 114 Å². The van der Waals surface area contributed by atoms with Crippen LogP contribution >= 0.6 is 0 Å². The molecule has 0 bridgehead atoms. The Kier molecular flexibility index (Phi) is 4.56. The topological polar surface area (TPSA) is 12.0 Å². The van der Waals surface area contributed by atoms with E-state index in [9.17, 15) is 8.78 Å². The molecule has 1 aliphatic carbocycles. The van der Waals surface area contributed by atoms with Gasteiger partial charge in [0, 0.05) is 12.1 Å². The SMILES string of the molecule is CC(NC1C(C)CCCC1C)c1ccc(F)c(F)c1. The molecule has 0 heterocycles. The third kappa shape index (κ3) is 3.33. The van der Waals surface area contributed by atoms with Crippen LogP contribution in [0.2, 0.25) is 0 Å². The van der Waals surface area contributed by atoms with E-state index in [0.717, 1.165) is 5.56 Å². The molecule has 3 unspecified atom stereocenters. The van der Waals surface area contributed by atoms with Gasteiger partial charge in [-0.1, -0.05) is 26.3 Å². The molecular weight excluding hydrogens is 244 g/mol. The summed E-state index contributed by atoms with van der Waals surface area (Å²) in [4.78, 5) is 0. The fourth-order valence-corrected chi connectivity index (χ4v) is 3.18. The number of halogens is 2. The second kappa shape index (κ2) is 6.00. The summed E-state index contributed by atoms with van der Waals surface area (Å²) in [5.74, 6) is -0.278. The standard InChI is InChI=1S/C16H23F2N/c1-10-5-4-6-11(2)16(10)19-12(3)13-7-8-14(17)15(18)9-13/h7-12,16,19H,4-6H2,1-3H3. The van der Waals surface area contributed by atoms with Crippen LogP contribution in [-0.4, -0.2) is 6.04 Å². The fraction of sp³-hybridized carbons (Fsp3) is 0.625. The number of benzene rings is 1. The van der Waals surface area contributed by atoms with Crippen LogP contribution in [0.5, 0.6) is 0 Å². The van der Waals surface area contributed by atoms with Crippen molar-refractivity contribution in [3.63, 3.8) is 0 Å². The highest BCUT2D eigenvalue weighted by Gasteiger charge is 2.28. The summed E-state index contributed by atoms with van der Waals surface area (Å²) in [5.41, 5.74) is 0.809. The molecule has 1 N–H and O–H groups in total. The van der Waals surface area contributed by atoms with Crippen LogP contribution < -0.4 is 5.32 Å². The lowest BCUT2D eigenvalue weighted by atomic mass is 9.78. The summed E-state index contributed by atoms with van der Waals surface area (Å²) in [5, 5.41) is 3.59. The smallest absolute Gasteiger partial charge is 0.159 e. The number of rotatable bonds is 3. The summed E-state index contributed by atoms with van der Waals surface area (Å²) in [6.07, 6.45) is 3.78. The van der Waals surface area contributed by atoms with Crippen molar-refractivity contribution in [1.29, 1.82) is 0 Å². The van der Waals surface area contributed by atoms with Crippen molar-refractivity contribution in [2.45, 2.75) is 52.1 Å². The predicted molar refractivity (Wildman–Crippen MR) is 73.9 cm³/mol. The first-order chi connectivity index (χ1) is 8.99. The van der Waals surface area contributed by atoms with Crippen molar-refractivity contribution in [2.24, 2.45) is 11.8 Å². The quantitative estimate of drug-likeness (QED) is 0.853. The zero-order chi connectivity index (χ0) is 14.0. The van der Waals surface area contributed by atoms with Crippen molar-refractivity contribution < 1.29 is 8.78 Å². The molecule has 0 aromatic heterocycles. The third-order valence-corrected chi connectivity index (χ3v) is 4.43. The van der Waals surface area contributed by atoms with Gasteiger partial charge in [0.1, 0.15) is 0 Å². The van der Waals surface area contributed by atoms with Crippen molar-refractivity contribution in [3.05, 3.63) is 35.4 Å². The Hall–Kier alpha value is -0.960. The lowest BCUT2D eigenvalue weighted by molar-refractivity contribution is 0.196. The van der Waals surface area contributed by atoms with Gasteiger partial charge < -0.3 is 5.32 Å². The van der Waals surface area contributed by atoms with E-state index in [2.05, 4.69) is 19.2 Å². The highest BCUT2D eigenvalue weighted by Crippen LogP contribution is 2.30. The second-order valence-corrected chi connectivity index (χ2v) is 5.97. The summed E-state index contributed by atoms with van der Waals surface area (Å²) in [6, 6.07) is 4.66. The van der Waals surface area contributed by atoms with Crippen molar-refractivity contribution >= 4 is 0 Å². The maximum Gasteiger partial charge on any atom is 0.159 e. The van der Waals surface area contributed by atoms with E-state index < -0.39 is 11.6 Å². The lowest BCUT2D eigenvalue weighted by Gasteiger charge is -2.37. The summed E-state index contributed by atoms with van der Waals surface area (Å²) < 4.78 is 26.2. The first-order valence-electron chi connectivity index (χ1n) is 7.20. The Morgan fingerprint density at radius 3 is 2.32 bits per heavy atom. The molecule has 0 amide bonds. The minimum absolute atomic E-state index is 0.0445. The zero-order valence-corrected chi connectivity index (χ0v) is 11.9. The van der Waals surface area contributed by atoms with Crippen LogP contribution in [0.1, 0.15) is 51.6 Å². The van der Waals surface area contributed by atoms with Gasteiger partial charge in [-0.2, -0.15) is 0 Å². The lowest BCUT2D eigenvalue weighted by Crippen LogP contribution is -2.43. The van der Waals surface area contributed by atoms with Gasteiger partial charge in [0.05, 0.1) is 0 Å². The van der Waals surface area contributed by atoms with E-state index in [0.29, 0.717) is 17.9 Å². The second-order valence-electron chi connectivity index (χ2n) is 5.97. The van der Waals surface area contributed by atoms with Gasteiger partial charge >= 0.3 is 0 Å². The summed E-state index contributed by atoms with van der Waals surface area (Å²) in [6.45, 7) is 6.55. The van der Waals surface area contributed by atoms with Gasteiger partial charge in [0.2, 0.25) is 0 Å².